The van der Waals surface area contributed by atoms with Crippen LogP contribution in [0.25, 0.3) is 10.9 Å². The van der Waals surface area contributed by atoms with E-state index in [4.69, 9.17) is 0 Å². The molecule has 1 atom stereocenters. The van der Waals surface area contributed by atoms with Crippen LogP contribution >= 0.6 is 31.9 Å². The highest BCUT2D eigenvalue weighted by Crippen LogP contribution is 2.28. The molecule has 0 aliphatic heterocycles. The van der Waals surface area contributed by atoms with Gasteiger partial charge in [0.25, 0.3) is 0 Å². The van der Waals surface area contributed by atoms with Crippen LogP contribution in [-0.4, -0.2) is 15.6 Å². The van der Waals surface area contributed by atoms with Crippen molar-refractivity contribution in [3.05, 3.63) is 34.4 Å². The van der Waals surface area contributed by atoms with Gasteiger partial charge in [-0.2, -0.15) is 0 Å². The van der Waals surface area contributed by atoms with Crippen LogP contribution in [0.3, 0.4) is 0 Å². The van der Waals surface area contributed by atoms with Gasteiger partial charge in [0.2, 0.25) is 0 Å². The van der Waals surface area contributed by atoms with Gasteiger partial charge in [0.05, 0.1) is 4.83 Å². The fraction of sp³-hybridized carbons (Fsp3) is 0.250. The van der Waals surface area contributed by atoms with Gasteiger partial charge in [-0.3, -0.25) is 4.79 Å². The number of rotatable bonds is 3. The maximum atomic E-state index is 12.1. The molecule has 0 aliphatic rings. The molecule has 2 nitrogen and oxygen atoms in total. The summed E-state index contributed by atoms with van der Waals surface area (Å²) in [7, 11) is 0. The van der Waals surface area contributed by atoms with E-state index in [2.05, 4.69) is 36.8 Å². The molecule has 0 saturated heterocycles. The molecule has 0 aliphatic carbocycles. The second kappa shape index (κ2) is 4.72. The Morgan fingerprint density at radius 2 is 2.25 bits per heavy atom. The minimum absolute atomic E-state index is 0.112. The predicted molar refractivity (Wildman–Crippen MR) is 73.3 cm³/mol. The van der Waals surface area contributed by atoms with Crippen molar-refractivity contribution in [1.82, 2.24) is 4.98 Å². The van der Waals surface area contributed by atoms with Gasteiger partial charge in [0, 0.05) is 27.1 Å². The number of benzene rings is 1. The number of hydrogen-bond donors (Lipinski definition) is 1. The lowest BCUT2D eigenvalue weighted by atomic mass is 10.1. The van der Waals surface area contributed by atoms with Crippen molar-refractivity contribution >= 4 is 48.5 Å². The number of nitrogens with one attached hydrogen (secondary N) is 1. The first-order valence-corrected chi connectivity index (χ1v) is 6.80. The summed E-state index contributed by atoms with van der Waals surface area (Å²) in [4.78, 5) is 15.1. The molecule has 0 amide bonds. The van der Waals surface area contributed by atoms with Crippen LogP contribution in [0.4, 0.5) is 0 Å². The van der Waals surface area contributed by atoms with E-state index in [1.165, 1.54) is 0 Å². The molecule has 1 unspecified atom stereocenters. The number of H-pyrrole nitrogens is 1. The largest absolute Gasteiger partial charge is 0.360 e. The van der Waals surface area contributed by atoms with E-state index in [1.54, 1.807) is 6.20 Å². The zero-order valence-electron chi connectivity index (χ0n) is 8.76. The molecule has 1 aromatic heterocycles. The van der Waals surface area contributed by atoms with Gasteiger partial charge in [-0.15, -0.1) is 0 Å². The van der Waals surface area contributed by atoms with Crippen molar-refractivity contribution < 1.29 is 4.79 Å². The lowest BCUT2D eigenvalue weighted by molar-refractivity contribution is 0.0992. The molecule has 1 heterocycles. The third kappa shape index (κ3) is 1.96. The Balaban J connectivity index is 2.57. The van der Waals surface area contributed by atoms with Crippen LogP contribution < -0.4 is 0 Å². The molecule has 0 bridgehead atoms. The Kier molecular flexibility index (Phi) is 3.50. The molecule has 1 N–H and O–H groups in total. The summed E-state index contributed by atoms with van der Waals surface area (Å²) < 4.78 is 0.949. The first-order chi connectivity index (χ1) is 7.65. The molecular formula is C12H11Br2NO. The number of aromatic amines is 1. The summed E-state index contributed by atoms with van der Waals surface area (Å²) in [5.41, 5.74) is 1.72. The second-order valence-corrected chi connectivity index (χ2v) is 5.56. The van der Waals surface area contributed by atoms with E-state index < -0.39 is 0 Å². The van der Waals surface area contributed by atoms with E-state index in [0.717, 1.165) is 27.4 Å². The number of carbonyl (C=O) groups is 1. The lowest BCUT2D eigenvalue weighted by Crippen LogP contribution is -2.12. The van der Waals surface area contributed by atoms with Crippen molar-refractivity contribution in [1.29, 1.82) is 0 Å². The predicted octanol–water partition coefficient (Wildman–Crippen LogP) is 4.29. The van der Waals surface area contributed by atoms with Crippen molar-refractivity contribution in [3.8, 4) is 0 Å². The highest BCUT2D eigenvalue weighted by molar-refractivity contribution is 9.10. The third-order valence-electron chi connectivity index (χ3n) is 2.56. The van der Waals surface area contributed by atoms with Crippen LogP contribution in [0, 0.1) is 0 Å². The average molecular weight is 345 g/mol. The maximum absolute atomic E-state index is 12.1. The van der Waals surface area contributed by atoms with Gasteiger partial charge in [-0.25, -0.2) is 0 Å². The summed E-state index contributed by atoms with van der Waals surface area (Å²) in [5, 5.41) is 0.963. The van der Waals surface area contributed by atoms with Crippen LogP contribution in [-0.2, 0) is 0 Å². The normalized spacial score (nSPS) is 12.9. The first-order valence-electron chi connectivity index (χ1n) is 5.09. The SMILES string of the molecule is CCC(Br)C(=O)c1c[nH]c2cccc(Br)c12. The number of alkyl halides is 1. The van der Waals surface area contributed by atoms with Gasteiger partial charge < -0.3 is 4.98 Å². The number of aromatic nitrogens is 1. The molecule has 0 saturated carbocycles. The summed E-state index contributed by atoms with van der Waals surface area (Å²) in [6, 6.07) is 5.86. The molecular weight excluding hydrogens is 334 g/mol. The molecule has 2 aromatic rings. The van der Waals surface area contributed by atoms with Crippen molar-refractivity contribution in [3.63, 3.8) is 0 Å². The fourth-order valence-corrected chi connectivity index (χ4v) is 2.52. The zero-order chi connectivity index (χ0) is 11.7. The fourth-order valence-electron chi connectivity index (χ4n) is 1.69. The molecule has 0 fully saturated rings. The maximum Gasteiger partial charge on any atom is 0.178 e. The van der Waals surface area contributed by atoms with Crippen LogP contribution in [0.15, 0.2) is 28.9 Å². The van der Waals surface area contributed by atoms with E-state index in [0.29, 0.717) is 0 Å². The Morgan fingerprint density at radius 3 is 2.94 bits per heavy atom. The second-order valence-electron chi connectivity index (χ2n) is 3.60. The van der Waals surface area contributed by atoms with Crippen molar-refractivity contribution in [2.45, 2.75) is 18.2 Å². The molecule has 2 rings (SSSR count). The minimum Gasteiger partial charge on any atom is -0.360 e. The highest BCUT2D eigenvalue weighted by Gasteiger charge is 2.19. The van der Waals surface area contributed by atoms with E-state index in [9.17, 15) is 4.79 Å². The Bertz CT molecular complexity index is 533. The minimum atomic E-state index is -0.112. The smallest absolute Gasteiger partial charge is 0.178 e. The summed E-state index contributed by atoms with van der Waals surface area (Å²) in [5.74, 6) is 0.126. The van der Waals surface area contributed by atoms with E-state index in [1.807, 2.05) is 25.1 Å². The number of ketones is 1. The molecule has 4 heteroatoms. The third-order valence-corrected chi connectivity index (χ3v) is 4.29. The summed E-state index contributed by atoms with van der Waals surface area (Å²) in [6.45, 7) is 1.99. The molecule has 0 radical (unpaired) electrons. The zero-order valence-corrected chi connectivity index (χ0v) is 11.9. The van der Waals surface area contributed by atoms with Crippen molar-refractivity contribution in [2.24, 2.45) is 0 Å². The highest BCUT2D eigenvalue weighted by atomic mass is 79.9. The van der Waals surface area contributed by atoms with Gasteiger partial charge in [0.15, 0.2) is 5.78 Å². The van der Waals surface area contributed by atoms with E-state index >= 15 is 0 Å². The Morgan fingerprint density at radius 1 is 1.50 bits per heavy atom. The van der Waals surface area contributed by atoms with Gasteiger partial charge in [0.1, 0.15) is 0 Å². The lowest BCUT2D eigenvalue weighted by Gasteiger charge is -2.05. The molecule has 16 heavy (non-hydrogen) atoms. The van der Waals surface area contributed by atoms with E-state index in [-0.39, 0.29) is 10.6 Å². The standard InChI is InChI=1S/C12H11Br2NO/c1-2-8(13)12(16)7-6-15-10-5-3-4-9(14)11(7)10/h3-6,8,15H,2H2,1H3. The van der Waals surface area contributed by atoms with Gasteiger partial charge in [-0.05, 0) is 18.6 Å². The number of halogens is 2. The van der Waals surface area contributed by atoms with Crippen molar-refractivity contribution in [2.75, 3.05) is 0 Å². The summed E-state index contributed by atoms with van der Waals surface area (Å²) >= 11 is 6.87. The van der Waals surface area contributed by atoms with Gasteiger partial charge >= 0.3 is 0 Å². The number of fused-ring (bicyclic) bond motifs is 1. The monoisotopic (exact) mass is 343 g/mol. The molecule has 1 aromatic carbocycles. The topological polar surface area (TPSA) is 32.9 Å². The summed E-state index contributed by atoms with van der Waals surface area (Å²) in [6.07, 6.45) is 2.57. The number of carbonyl (C=O) groups excluding carboxylic acids is 1. The number of Topliss-reactive ketones (excluding diaryl/α,β-unsaturated/α-hetero) is 1. The van der Waals surface area contributed by atoms with Crippen LogP contribution in [0.1, 0.15) is 23.7 Å². The molecule has 84 valence electrons. The Labute approximate surface area is 111 Å². The van der Waals surface area contributed by atoms with Crippen LogP contribution in [0.5, 0.6) is 0 Å². The Hall–Kier alpha value is -0.610. The van der Waals surface area contributed by atoms with Crippen LogP contribution in [0.2, 0.25) is 0 Å². The quantitative estimate of drug-likeness (QED) is 0.654. The average Bonchev–Trinajstić information content (AvgIpc) is 2.72. The first kappa shape index (κ1) is 11.9. The molecule has 0 spiro atoms. The van der Waals surface area contributed by atoms with Gasteiger partial charge in [-0.1, -0.05) is 44.8 Å². The number of hydrogen-bond acceptors (Lipinski definition) is 1.